The largest absolute Gasteiger partial charge is 0.281 e. The Bertz CT molecular complexity index is 461. The zero-order valence-electron chi connectivity index (χ0n) is 10.9. The van der Waals surface area contributed by atoms with Gasteiger partial charge in [0.1, 0.15) is 0 Å². The van der Waals surface area contributed by atoms with Crippen molar-refractivity contribution in [2.75, 3.05) is 0 Å². The second kappa shape index (κ2) is 6.44. The highest BCUT2D eigenvalue weighted by molar-refractivity contribution is 6.69. The highest BCUT2D eigenvalue weighted by Gasteiger charge is 2.56. The molecule has 1 fully saturated rings. The van der Waals surface area contributed by atoms with Gasteiger partial charge in [0.2, 0.25) is 5.24 Å². The zero-order chi connectivity index (χ0) is 14.8. The van der Waals surface area contributed by atoms with Gasteiger partial charge in [-0.2, -0.15) is 0 Å². The van der Waals surface area contributed by atoms with E-state index >= 15 is 0 Å². The Morgan fingerprint density at radius 3 is 2.05 bits per heavy atom. The molecule has 5 heteroatoms. The van der Waals surface area contributed by atoms with E-state index in [-0.39, 0.29) is 0 Å². The van der Waals surface area contributed by atoms with E-state index in [1.165, 1.54) is 0 Å². The maximum atomic E-state index is 12.1. The van der Waals surface area contributed by atoms with Crippen LogP contribution in [0.1, 0.15) is 43.6 Å². The lowest BCUT2D eigenvalue weighted by Gasteiger charge is -2.47. The third kappa shape index (κ3) is 3.11. The Morgan fingerprint density at radius 1 is 1.05 bits per heavy atom. The minimum Gasteiger partial charge on any atom is -0.281 e. The highest BCUT2D eigenvalue weighted by Crippen LogP contribution is 2.60. The predicted molar refractivity (Wildman–Crippen MR) is 85.9 cm³/mol. The number of hydrogen-bond acceptors (Lipinski definition) is 1. The molecule has 1 saturated carbocycles. The highest BCUT2D eigenvalue weighted by atomic mass is 35.6. The molecule has 1 unspecified atom stereocenters. The van der Waals surface area contributed by atoms with Crippen LogP contribution >= 0.6 is 46.4 Å². The molecule has 0 saturated heterocycles. The first-order valence-corrected chi connectivity index (χ1v) is 8.21. The Labute approximate surface area is 139 Å². The van der Waals surface area contributed by atoms with Crippen LogP contribution < -0.4 is 0 Å². The van der Waals surface area contributed by atoms with E-state index in [1.807, 2.05) is 30.3 Å². The van der Waals surface area contributed by atoms with E-state index in [0.717, 1.165) is 24.8 Å². The summed E-state index contributed by atoms with van der Waals surface area (Å²) in [6, 6.07) is 9.38. The lowest BCUT2D eigenvalue weighted by Crippen LogP contribution is -2.45. The van der Waals surface area contributed by atoms with Crippen LogP contribution in [0, 0.1) is 5.41 Å². The number of hydrogen-bond donors (Lipinski definition) is 0. The molecule has 1 aliphatic carbocycles. The molecule has 0 N–H and O–H groups in total. The van der Waals surface area contributed by atoms with Crippen LogP contribution in [0.5, 0.6) is 0 Å². The van der Waals surface area contributed by atoms with E-state index in [9.17, 15) is 4.79 Å². The van der Waals surface area contributed by atoms with Gasteiger partial charge < -0.3 is 0 Å². The molecule has 0 radical (unpaired) electrons. The lowest BCUT2D eigenvalue weighted by atomic mass is 9.65. The van der Waals surface area contributed by atoms with E-state index in [2.05, 4.69) is 0 Å². The van der Waals surface area contributed by atoms with Crippen molar-refractivity contribution in [3.05, 3.63) is 35.9 Å². The minimum absolute atomic E-state index is 0.454. The van der Waals surface area contributed by atoms with E-state index in [4.69, 9.17) is 46.4 Å². The van der Waals surface area contributed by atoms with Gasteiger partial charge in [-0.1, -0.05) is 84.4 Å². The van der Waals surface area contributed by atoms with Crippen molar-refractivity contribution < 1.29 is 4.79 Å². The number of benzene rings is 1. The van der Waals surface area contributed by atoms with Gasteiger partial charge in [0.05, 0.1) is 5.92 Å². The zero-order valence-corrected chi connectivity index (χ0v) is 13.9. The van der Waals surface area contributed by atoms with Gasteiger partial charge >= 0.3 is 0 Å². The summed E-state index contributed by atoms with van der Waals surface area (Å²) in [5.74, 6) is -0.585. The molecule has 2 rings (SSSR count). The molecule has 1 aromatic carbocycles. The molecule has 1 nitrogen and oxygen atoms in total. The molecular formula is C15H16Cl4O. The fourth-order valence-electron chi connectivity index (χ4n) is 3.23. The van der Waals surface area contributed by atoms with Crippen LogP contribution in [0.3, 0.4) is 0 Å². The van der Waals surface area contributed by atoms with Crippen molar-refractivity contribution in [3.8, 4) is 0 Å². The number of halogens is 4. The Balaban J connectivity index is 2.51. The lowest BCUT2D eigenvalue weighted by molar-refractivity contribution is -0.116. The van der Waals surface area contributed by atoms with Gasteiger partial charge in [0.25, 0.3) is 0 Å². The van der Waals surface area contributed by atoms with Crippen LogP contribution in [0.15, 0.2) is 30.3 Å². The van der Waals surface area contributed by atoms with Crippen molar-refractivity contribution in [3.63, 3.8) is 0 Å². The fraction of sp³-hybridized carbons (Fsp3) is 0.533. The van der Waals surface area contributed by atoms with Crippen LogP contribution in [-0.4, -0.2) is 9.03 Å². The van der Waals surface area contributed by atoms with Crippen molar-refractivity contribution in [2.24, 2.45) is 5.41 Å². The number of rotatable bonds is 3. The number of carbonyl (C=O) groups excluding carboxylic acids is 1. The summed E-state index contributed by atoms with van der Waals surface area (Å²) in [7, 11) is 0. The molecule has 0 spiro atoms. The summed E-state index contributed by atoms with van der Waals surface area (Å²) >= 11 is 24.7. The van der Waals surface area contributed by atoms with Crippen molar-refractivity contribution >= 4 is 51.6 Å². The summed E-state index contributed by atoms with van der Waals surface area (Å²) in [5, 5.41) is -0.454. The monoisotopic (exact) mass is 352 g/mol. The predicted octanol–water partition coefficient (Wildman–Crippen LogP) is 5.86. The van der Waals surface area contributed by atoms with Gasteiger partial charge in [0.15, 0.2) is 3.79 Å². The third-order valence-corrected chi connectivity index (χ3v) is 5.57. The molecule has 0 bridgehead atoms. The maximum absolute atomic E-state index is 12.1. The first-order valence-electron chi connectivity index (χ1n) is 6.69. The average Bonchev–Trinajstić information content (AvgIpc) is 2.39. The van der Waals surface area contributed by atoms with Crippen molar-refractivity contribution in [1.82, 2.24) is 0 Å². The van der Waals surface area contributed by atoms with Gasteiger partial charge in [-0.3, -0.25) is 4.79 Å². The summed E-state index contributed by atoms with van der Waals surface area (Å²) in [4.78, 5) is 12.1. The molecule has 20 heavy (non-hydrogen) atoms. The van der Waals surface area contributed by atoms with Crippen molar-refractivity contribution in [1.29, 1.82) is 0 Å². The molecule has 1 atom stereocenters. The molecular weight excluding hydrogens is 338 g/mol. The molecule has 0 amide bonds. The second-order valence-electron chi connectivity index (χ2n) is 5.36. The smallest absolute Gasteiger partial charge is 0.229 e. The Kier molecular flexibility index (Phi) is 5.29. The normalized spacial score (nSPS) is 20.4. The third-order valence-electron chi connectivity index (χ3n) is 4.22. The van der Waals surface area contributed by atoms with E-state index in [0.29, 0.717) is 12.8 Å². The molecule has 0 aromatic heterocycles. The van der Waals surface area contributed by atoms with Crippen LogP contribution in [0.2, 0.25) is 0 Å². The summed E-state index contributed by atoms with van der Waals surface area (Å²) in [5.41, 5.74) is 0.0940. The summed E-state index contributed by atoms with van der Waals surface area (Å²) in [6.07, 6.45) is 4.38. The quantitative estimate of drug-likeness (QED) is 0.491. The van der Waals surface area contributed by atoms with Gasteiger partial charge in [-0.15, -0.1) is 0 Å². The maximum Gasteiger partial charge on any atom is 0.229 e. The molecule has 0 aliphatic heterocycles. The van der Waals surface area contributed by atoms with E-state index < -0.39 is 20.4 Å². The molecule has 1 aliphatic rings. The fourth-order valence-corrected chi connectivity index (χ4v) is 4.46. The van der Waals surface area contributed by atoms with Crippen molar-refractivity contribution in [2.45, 2.75) is 41.8 Å². The Hall–Kier alpha value is 0.0500. The van der Waals surface area contributed by atoms with Crippen LogP contribution in [0.25, 0.3) is 0 Å². The first kappa shape index (κ1) is 16.4. The van der Waals surface area contributed by atoms with Gasteiger partial charge in [-0.05, 0) is 30.0 Å². The van der Waals surface area contributed by atoms with Crippen LogP contribution in [0.4, 0.5) is 0 Å². The van der Waals surface area contributed by atoms with Gasteiger partial charge in [0, 0.05) is 5.41 Å². The molecule has 1 aromatic rings. The topological polar surface area (TPSA) is 17.1 Å². The standard InChI is InChI=1S/C15H16Cl4O/c16-13(20)12(11-7-3-1-4-8-11)14(15(17,18)19)9-5-2-6-10-14/h1,3-4,7-8,12H,2,5-6,9-10H2. The summed E-state index contributed by atoms with van der Waals surface area (Å²) in [6.45, 7) is 0. The minimum atomic E-state index is -1.52. The Morgan fingerprint density at radius 2 is 1.60 bits per heavy atom. The number of carbonyl (C=O) groups is 1. The van der Waals surface area contributed by atoms with Crippen LogP contribution in [-0.2, 0) is 4.79 Å². The average molecular weight is 354 g/mol. The molecule has 110 valence electrons. The number of alkyl halides is 3. The first-order chi connectivity index (χ1) is 9.38. The SMILES string of the molecule is O=C(Cl)C(c1ccccc1)C1(C(Cl)(Cl)Cl)CCCCC1. The molecule has 0 heterocycles. The summed E-state index contributed by atoms with van der Waals surface area (Å²) < 4.78 is -1.52. The second-order valence-corrected chi connectivity index (χ2v) is 8.02. The van der Waals surface area contributed by atoms with E-state index in [1.54, 1.807) is 0 Å². The van der Waals surface area contributed by atoms with Gasteiger partial charge in [-0.25, -0.2) is 0 Å².